The summed E-state index contributed by atoms with van der Waals surface area (Å²) in [6.07, 6.45) is 4.06. The monoisotopic (exact) mass is 470 g/mol. The predicted molar refractivity (Wildman–Crippen MR) is 126 cm³/mol. The van der Waals surface area contributed by atoms with Crippen LogP contribution in [0.25, 0.3) is 10.9 Å². The molecule has 2 aliphatic heterocycles. The van der Waals surface area contributed by atoms with Crippen molar-refractivity contribution >= 4 is 32.1 Å². The summed E-state index contributed by atoms with van der Waals surface area (Å²) in [4.78, 5) is 11.9. The molecule has 0 bridgehead atoms. The summed E-state index contributed by atoms with van der Waals surface area (Å²) in [6, 6.07) is 9.88. The lowest BCUT2D eigenvalue weighted by atomic mass is 10.1. The first kappa shape index (κ1) is 22.1. The van der Waals surface area contributed by atoms with Gasteiger partial charge >= 0.3 is 0 Å². The van der Waals surface area contributed by atoms with E-state index in [1.54, 1.807) is 18.3 Å². The number of nitrogens with one attached hydrogen (secondary N) is 2. The normalized spacial score (nSPS) is 22.9. The van der Waals surface area contributed by atoms with Crippen molar-refractivity contribution in [1.29, 1.82) is 0 Å². The van der Waals surface area contributed by atoms with E-state index in [0.29, 0.717) is 31.0 Å². The fourth-order valence-electron chi connectivity index (χ4n) is 4.36. The summed E-state index contributed by atoms with van der Waals surface area (Å²) in [6.45, 7) is 4.80. The molecule has 2 aliphatic rings. The van der Waals surface area contributed by atoms with Crippen molar-refractivity contribution in [2.45, 2.75) is 30.3 Å². The van der Waals surface area contributed by atoms with Gasteiger partial charge in [0.2, 0.25) is 0 Å². The second-order valence-corrected chi connectivity index (χ2v) is 10.7. The second kappa shape index (κ2) is 8.94. The maximum atomic E-state index is 14.5. The van der Waals surface area contributed by atoms with Crippen LogP contribution in [0.15, 0.2) is 51.9 Å². The third-order valence-corrected chi connectivity index (χ3v) is 7.76. The quantitative estimate of drug-likeness (QED) is 0.604. The lowest BCUT2D eigenvalue weighted by molar-refractivity contribution is 0.0986. The highest BCUT2D eigenvalue weighted by Crippen LogP contribution is 2.36. The van der Waals surface area contributed by atoms with E-state index in [4.69, 9.17) is 9.72 Å². The molecule has 0 aliphatic carbocycles. The summed E-state index contributed by atoms with van der Waals surface area (Å²) in [7, 11) is -3.05. The van der Waals surface area contributed by atoms with Gasteiger partial charge in [-0.1, -0.05) is 12.1 Å². The Morgan fingerprint density at radius 2 is 2.15 bits per heavy atom. The molecular weight excluding hydrogens is 443 g/mol. The minimum Gasteiger partial charge on any atom is -0.377 e. The van der Waals surface area contributed by atoms with Gasteiger partial charge in [0, 0.05) is 37.0 Å². The van der Waals surface area contributed by atoms with Crippen molar-refractivity contribution in [3.8, 4) is 0 Å². The minimum atomic E-state index is -3.05. The standard InChI is InChI=1S/C23H27FN6O2S/c1-15-14-32-12-11-30(15)21-13-19(29-33(2,31)20-6-4-3-5-17(20)24)16-7-9-25-23(22(16)27-21)18-8-10-26-28-18/h3-7,9,13,15,18,26,28H,8,10-12,14H2,1-2H3/t15-,18?,33?/m0/s1. The van der Waals surface area contributed by atoms with Crippen molar-refractivity contribution in [2.24, 2.45) is 4.36 Å². The molecule has 2 fully saturated rings. The summed E-state index contributed by atoms with van der Waals surface area (Å²) in [5.41, 5.74) is 8.43. The fraction of sp³-hybridized carbons (Fsp3) is 0.391. The zero-order chi connectivity index (χ0) is 23.0. The van der Waals surface area contributed by atoms with Gasteiger partial charge in [0.25, 0.3) is 0 Å². The number of hydrogen-bond acceptors (Lipinski definition) is 8. The minimum absolute atomic E-state index is 0.00367. The molecule has 174 valence electrons. The number of aromatic nitrogens is 2. The van der Waals surface area contributed by atoms with E-state index in [1.165, 1.54) is 18.4 Å². The van der Waals surface area contributed by atoms with Crippen LogP contribution in [0.3, 0.4) is 0 Å². The largest absolute Gasteiger partial charge is 0.377 e. The highest BCUT2D eigenvalue weighted by Gasteiger charge is 2.26. The Morgan fingerprint density at radius 3 is 2.91 bits per heavy atom. The molecule has 1 aromatic carbocycles. The smallest absolute Gasteiger partial charge is 0.140 e. The van der Waals surface area contributed by atoms with Crippen LogP contribution in [0.5, 0.6) is 0 Å². The lowest BCUT2D eigenvalue weighted by Gasteiger charge is -2.34. The van der Waals surface area contributed by atoms with E-state index in [-0.39, 0.29) is 17.0 Å². The molecule has 0 saturated carbocycles. The average molecular weight is 471 g/mol. The number of benzene rings is 1. The fourth-order valence-corrected chi connectivity index (χ4v) is 5.75. The number of hydrazine groups is 1. The third kappa shape index (κ3) is 4.31. The number of hydrogen-bond donors (Lipinski definition) is 2. The molecule has 3 aromatic rings. The molecule has 2 N–H and O–H groups in total. The van der Waals surface area contributed by atoms with E-state index in [2.05, 4.69) is 32.0 Å². The van der Waals surface area contributed by atoms with Crippen molar-refractivity contribution in [1.82, 2.24) is 20.8 Å². The van der Waals surface area contributed by atoms with E-state index >= 15 is 0 Å². The Labute approximate surface area is 192 Å². The molecule has 3 atom stereocenters. The van der Waals surface area contributed by atoms with E-state index < -0.39 is 15.5 Å². The molecule has 33 heavy (non-hydrogen) atoms. The summed E-state index contributed by atoms with van der Waals surface area (Å²) >= 11 is 0. The number of anilines is 1. The highest BCUT2D eigenvalue weighted by molar-refractivity contribution is 7.93. The predicted octanol–water partition coefficient (Wildman–Crippen LogP) is 3.32. The van der Waals surface area contributed by atoms with Crippen LogP contribution in [-0.4, -0.2) is 52.8 Å². The first-order valence-electron chi connectivity index (χ1n) is 11.0. The molecule has 0 amide bonds. The molecule has 2 aromatic heterocycles. The molecule has 8 nitrogen and oxygen atoms in total. The molecule has 0 radical (unpaired) electrons. The molecular formula is C23H27FN6O2S. The van der Waals surface area contributed by atoms with Gasteiger partial charge in [0.15, 0.2) is 0 Å². The van der Waals surface area contributed by atoms with E-state index in [0.717, 1.165) is 29.9 Å². The SMILES string of the molecule is C[C@H]1COCCN1c1cc(N=S(C)(=O)c2ccccc2F)c2ccnc(C3CCNN3)c2n1. The zero-order valence-electron chi connectivity index (χ0n) is 18.6. The molecule has 5 rings (SSSR count). The number of fused-ring (bicyclic) bond motifs is 1. The van der Waals surface area contributed by atoms with Gasteiger partial charge in [-0.05, 0) is 31.5 Å². The van der Waals surface area contributed by atoms with Crippen molar-refractivity contribution < 1.29 is 13.3 Å². The molecule has 4 heterocycles. The molecule has 10 heteroatoms. The third-order valence-electron chi connectivity index (χ3n) is 6.06. The van der Waals surface area contributed by atoms with Crippen LogP contribution in [-0.2, 0) is 14.5 Å². The Balaban J connectivity index is 1.74. The average Bonchev–Trinajstić information content (AvgIpc) is 3.34. The maximum absolute atomic E-state index is 14.5. The number of morpholine rings is 1. The number of nitrogens with zero attached hydrogens (tertiary/aromatic N) is 4. The van der Waals surface area contributed by atoms with Gasteiger partial charge in [-0.25, -0.2) is 19.0 Å². The maximum Gasteiger partial charge on any atom is 0.140 e. The number of ether oxygens (including phenoxy) is 1. The number of rotatable bonds is 4. The van der Waals surface area contributed by atoms with Crippen LogP contribution in [0.4, 0.5) is 15.9 Å². The highest BCUT2D eigenvalue weighted by atomic mass is 32.2. The van der Waals surface area contributed by atoms with Gasteiger partial charge in [0.05, 0.1) is 56.8 Å². The first-order chi connectivity index (χ1) is 15.9. The first-order valence-corrected chi connectivity index (χ1v) is 13.0. The Morgan fingerprint density at radius 1 is 1.30 bits per heavy atom. The Kier molecular flexibility index (Phi) is 6.00. The van der Waals surface area contributed by atoms with Crippen LogP contribution in [0.1, 0.15) is 25.1 Å². The molecule has 2 saturated heterocycles. The van der Waals surface area contributed by atoms with Gasteiger partial charge in [-0.15, -0.1) is 0 Å². The van der Waals surface area contributed by atoms with Gasteiger partial charge < -0.3 is 9.64 Å². The van der Waals surface area contributed by atoms with Crippen LogP contribution in [0.2, 0.25) is 0 Å². The topological polar surface area (TPSA) is 91.7 Å². The van der Waals surface area contributed by atoms with E-state index in [1.807, 2.05) is 12.1 Å². The van der Waals surface area contributed by atoms with Crippen molar-refractivity contribution in [3.05, 3.63) is 54.1 Å². The zero-order valence-corrected chi connectivity index (χ0v) is 19.4. The number of halogens is 1. The lowest BCUT2D eigenvalue weighted by Crippen LogP contribution is -2.44. The van der Waals surface area contributed by atoms with Crippen LogP contribution < -0.4 is 15.8 Å². The van der Waals surface area contributed by atoms with Crippen LogP contribution in [0, 0.1) is 5.82 Å². The van der Waals surface area contributed by atoms with Crippen LogP contribution >= 0.6 is 0 Å². The van der Waals surface area contributed by atoms with Crippen molar-refractivity contribution in [2.75, 3.05) is 37.5 Å². The Hall–Kier alpha value is -2.66. The van der Waals surface area contributed by atoms with E-state index in [9.17, 15) is 8.60 Å². The summed E-state index contributed by atoms with van der Waals surface area (Å²) < 4.78 is 38.3. The van der Waals surface area contributed by atoms with Crippen molar-refractivity contribution in [3.63, 3.8) is 0 Å². The molecule has 2 unspecified atom stereocenters. The second-order valence-electron chi connectivity index (χ2n) is 8.45. The summed E-state index contributed by atoms with van der Waals surface area (Å²) in [5.74, 6) is 0.193. The molecule has 0 spiro atoms. The Bertz CT molecular complexity index is 1300. The summed E-state index contributed by atoms with van der Waals surface area (Å²) in [5, 5.41) is 0.740. The van der Waals surface area contributed by atoms with Gasteiger partial charge in [-0.3, -0.25) is 10.4 Å². The van der Waals surface area contributed by atoms with Gasteiger partial charge in [0.1, 0.15) is 11.6 Å². The van der Waals surface area contributed by atoms with Gasteiger partial charge in [-0.2, -0.15) is 4.36 Å². The number of pyridine rings is 2.